The first kappa shape index (κ1) is 107. The number of likely N-dealkylation sites (tertiary alicyclic amines) is 1. The highest BCUT2D eigenvalue weighted by Gasteiger charge is 2.47. The molecule has 3 aromatic carbocycles. The number of hydrogen-bond donors (Lipinski definition) is 23. The molecule has 15 amide bonds. The number of nitrogens with one attached hydrogen (secondary N) is 17. The molecule has 4 saturated heterocycles. The Hall–Kier alpha value is -14.2. The van der Waals surface area contributed by atoms with E-state index in [-0.39, 0.29) is 108 Å². The molecular weight excluding hydrogens is 1800 g/mol. The third-order valence-corrected chi connectivity index (χ3v) is 24.6. The van der Waals surface area contributed by atoms with Gasteiger partial charge in [0.2, 0.25) is 88.6 Å². The predicted octanol–water partition coefficient (Wildman–Crippen LogP) is -3.83. The lowest BCUT2D eigenvalue weighted by Crippen LogP contribution is -2.63. The average molecular weight is 1930 g/mol. The van der Waals surface area contributed by atoms with Gasteiger partial charge in [0, 0.05) is 74.3 Å². The summed E-state index contributed by atoms with van der Waals surface area (Å²) in [6.45, 7) is 7.06. The molecule has 1 aliphatic carbocycles. The quantitative estimate of drug-likeness (QED) is 0.0107. The number of hydrogen-bond acceptors (Lipinski definition) is 26. The monoisotopic (exact) mass is 1930 g/mol. The summed E-state index contributed by atoms with van der Waals surface area (Å²) in [5.41, 5.74) is 12.9. The molecule has 4 aromatic rings. The molecule has 5 heterocycles. The minimum absolute atomic E-state index is 0.000839. The largest absolute Gasteiger partial charge is 0.508 e. The van der Waals surface area contributed by atoms with Gasteiger partial charge < -0.3 is 131 Å². The molecule has 0 radical (unpaired) electrons. The predicted molar refractivity (Wildman–Crippen MR) is 489 cm³/mol. The summed E-state index contributed by atoms with van der Waals surface area (Å²) in [5, 5.41) is 86.8. The van der Waals surface area contributed by atoms with Crippen molar-refractivity contribution in [1.29, 1.82) is 5.41 Å². The second kappa shape index (κ2) is 51.1. The van der Waals surface area contributed by atoms with Gasteiger partial charge in [0.15, 0.2) is 11.7 Å². The zero-order chi connectivity index (χ0) is 101. The van der Waals surface area contributed by atoms with Crippen LogP contribution in [0.1, 0.15) is 167 Å². The van der Waals surface area contributed by atoms with Gasteiger partial charge in [-0.1, -0.05) is 94.8 Å². The fourth-order valence-corrected chi connectivity index (χ4v) is 17.0. The molecule has 5 aliphatic rings. The maximum Gasteiger partial charge on any atom is 0.326 e. The van der Waals surface area contributed by atoms with Gasteiger partial charge in [-0.05, 0) is 144 Å². The summed E-state index contributed by atoms with van der Waals surface area (Å²) in [4.78, 5) is 300. The Morgan fingerprint density at radius 3 is 1.88 bits per heavy atom. The number of benzene rings is 3. The number of carboxylic acids is 2. The van der Waals surface area contributed by atoms with Gasteiger partial charge in [-0.3, -0.25) is 96.5 Å². The van der Waals surface area contributed by atoms with Crippen LogP contribution in [0, 0.1) is 29.1 Å². The van der Waals surface area contributed by atoms with Gasteiger partial charge in [-0.2, -0.15) is 0 Å². The number of rotatable bonds is 29. The third kappa shape index (κ3) is 31.4. The Morgan fingerprint density at radius 2 is 1.20 bits per heavy atom. The van der Waals surface area contributed by atoms with Gasteiger partial charge in [0.25, 0.3) is 0 Å². The number of aliphatic hydroxyl groups excluding tert-OH is 1. The van der Waals surface area contributed by atoms with Crippen LogP contribution in [0.25, 0.3) is 10.9 Å². The minimum Gasteiger partial charge on any atom is -0.508 e. The SMILES string of the molecule is CC(C)C[C@@H]1NC(=O)[C@@H]2CC(=O)O[C@H](C)[C@H](NC(=O)[C@H](Cc3c[nH]c4ccccc34)NC(=O)[C@@H]3CCCN3C(=O)[C@@H](NC(=O)[C@H](CCC(=O)O)NC(=O)[C@@H](N)[C@@H](C)O)C(C)C)C(=O)N[C@@H](Cc3ccc(O)cc3)C(=O)N[C@H]3CCCCNC(=O)C[C@@H](C(=O)N[C@@H](CCCNC(=N)N)C(=O)O)NC(=O)[C@H](CCC(=O)OC[C@H](NC(=O)[C@@H]4CCCC4C(=O)[C@H](Cc4ccccc4)NC3=O)C(=O)N2)NC1=O. The van der Waals surface area contributed by atoms with E-state index in [9.17, 15) is 54.0 Å². The third-order valence-electron chi connectivity index (χ3n) is 24.6. The van der Waals surface area contributed by atoms with Crippen LogP contribution in [0.5, 0.6) is 5.75 Å². The van der Waals surface area contributed by atoms with Crippen LogP contribution >= 0.6 is 0 Å². The number of fused-ring (bicyclic) bond motifs is 13. The topological polar surface area (TPSA) is 716 Å². The number of H-pyrrole nitrogens is 1. The number of esters is 2. The number of amides is 15. The lowest BCUT2D eigenvalue weighted by molar-refractivity contribution is -0.154. The van der Waals surface area contributed by atoms with Crippen molar-refractivity contribution in [3.63, 3.8) is 0 Å². The Kier molecular flexibility index (Phi) is 39.8. The maximum atomic E-state index is 16.1. The second-order valence-corrected chi connectivity index (χ2v) is 36.1. The molecule has 4 aliphatic heterocycles. The number of phenolic OH excluding ortho intramolecular Hbond substituents is 1. The summed E-state index contributed by atoms with van der Waals surface area (Å²) < 4.78 is 11.7. The number of aromatic amines is 1. The number of cyclic esters (lactones) is 1. The van der Waals surface area contributed by atoms with E-state index in [2.05, 4.69) is 84.7 Å². The van der Waals surface area contributed by atoms with Crippen molar-refractivity contribution in [2.75, 3.05) is 26.2 Å². The van der Waals surface area contributed by atoms with Crippen molar-refractivity contribution < 1.29 is 126 Å². The average Bonchev–Trinajstić information content (AvgIpc) is 1.67. The first-order chi connectivity index (χ1) is 65.5. The second-order valence-electron chi connectivity index (χ2n) is 36.1. The van der Waals surface area contributed by atoms with E-state index in [4.69, 9.17) is 26.4 Å². The number of ketones is 1. The van der Waals surface area contributed by atoms with E-state index in [1.807, 2.05) is 0 Å². The lowest BCUT2D eigenvalue weighted by Gasteiger charge is -2.32. The minimum atomic E-state index is -2.27. The van der Waals surface area contributed by atoms with Crippen molar-refractivity contribution in [3.8, 4) is 5.75 Å². The van der Waals surface area contributed by atoms with E-state index in [1.54, 1.807) is 82.3 Å². The Labute approximate surface area is 794 Å². The molecule has 1 aromatic heterocycles. The number of phenols is 1. The number of carboxylic acid groups (broad SMARTS) is 2. The molecule has 138 heavy (non-hydrogen) atoms. The number of guanidine groups is 1. The molecule has 19 atom stereocenters. The number of aromatic nitrogens is 1. The zero-order valence-corrected chi connectivity index (χ0v) is 77.6. The number of carbonyl (C=O) groups excluding carboxylic acids is 18. The highest BCUT2D eigenvalue weighted by molar-refractivity contribution is 6.03. The molecule has 4 bridgehead atoms. The van der Waals surface area contributed by atoms with Gasteiger partial charge in [-0.25, -0.2) is 4.79 Å². The molecule has 46 heteroatoms. The van der Waals surface area contributed by atoms with Crippen LogP contribution < -0.4 is 91.2 Å². The first-order valence-electron chi connectivity index (χ1n) is 46.3. The number of para-hydroxylation sites is 1. The Balaban J connectivity index is 1.18. The fourth-order valence-electron chi connectivity index (χ4n) is 17.0. The number of carbonyl (C=O) groups is 20. The number of nitrogens with two attached hydrogens (primary N) is 2. The lowest BCUT2D eigenvalue weighted by atomic mass is 9.85. The van der Waals surface area contributed by atoms with Crippen LogP contribution in [0.3, 0.4) is 0 Å². The van der Waals surface area contributed by atoms with E-state index < -0.39 is 309 Å². The smallest absolute Gasteiger partial charge is 0.326 e. The number of nitrogens with zero attached hydrogens (tertiary/aromatic N) is 1. The van der Waals surface area contributed by atoms with Crippen LogP contribution in [0.15, 0.2) is 85.1 Å². The molecule has 1 saturated carbocycles. The fraction of sp³-hybridized carbons (Fsp3) is 0.554. The standard InChI is InChI=1S/C92H126N20O26/c1-45(2)37-62-81(125)100-59-31-33-71(118)137-44-67-86(130)106-66(84(128)104-62)42-72(119)138-48(6)75(111-85(129)64(40-51-43-98-56-22-11-10-19-53(51)56)107-87(131)68-25-16-36-112(68)90(134)74(46(3)4)110-80(124)58(30-32-70(116)117)101-88(132)73(93)47(5)113)89(133)108-63(39-50-26-28-52(114)29-27-50)82(126)99-57(78(122)103-61(38-49-17-8-7-9-18-49)76(120)54-20-14-21-55(54)77(121)109-67)23-12-13-34-96-69(115)41-65(105-79(59)123)83(127)102-60(91(135)136)24-15-35-97-92(94)95/h7-11,17-19,22,26-29,43,45-48,54-55,57-68,73-75,98,113-114H,12-16,20-21,23-25,30-42,44,93H2,1-6H3,(H,96,115)(H,99,126)(H,100,125)(H,101,132)(H,102,127)(H,103,122)(H,104,128)(H,105,123)(H,106,130)(H,107,131)(H,108,133)(H,109,121)(H,110,124)(H,111,129)(H,116,117)(H,135,136)(H4,94,95,97)/t47-,48-,54?,55-,57+,58+,59+,60+,61+,62+,63+,64+,65+,66+,67+,68+,73+,74+,75+/m1/s1. The van der Waals surface area contributed by atoms with Crippen molar-refractivity contribution >= 4 is 135 Å². The van der Waals surface area contributed by atoms with Crippen molar-refractivity contribution in [1.82, 2.24) is 89.6 Å². The summed E-state index contributed by atoms with van der Waals surface area (Å²) in [5.74, 6) is -28.0. The Bertz CT molecular complexity index is 5110. The van der Waals surface area contributed by atoms with E-state index in [0.29, 0.717) is 22.0 Å². The molecular formula is C92H126N20O26. The summed E-state index contributed by atoms with van der Waals surface area (Å²) >= 11 is 0. The van der Waals surface area contributed by atoms with E-state index in [0.717, 1.165) is 11.8 Å². The maximum absolute atomic E-state index is 16.1. The van der Waals surface area contributed by atoms with Crippen molar-refractivity contribution in [2.45, 2.75) is 273 Å². The van der Waals surface area contributed by atoms with E-state index >= 15 is 62.3 Å². The molecule has 25 N–H and O–H groups in total. The normalized spacial score (nSPS) is 24.7. The zero-order valence-electron chi connectivity index (χ0n) is 77.6. The van der Waals surface area contributed by atoms with Gasteiger partial charge in [0.05, 0.1) is 25.0 Å². The molecule has 1 unspecified atom stereocenters. The van der Waals surface area contributed by atoms with Crippen molar-refractivity contribution in [2.24, 2.45) is 35.1 Å². The summed E-state index contributed by atoms with van der Waals surface area (Å²) in [6.07, 6.45) is -8.98. The first-order valence-corrected chi connectivity index (χ1v) is 46.3. The highest BCUT2D eigenvalue weighted by Crippen LogP contribution is 2.35. The highest BCUT2D eigenvalue weighted by atomic mass is 16.5. The van der Waals surface area contributed by atoms with Crippen LogP contribution in [-0.2, 0) is 125 Å². The van der Waals surface area contributed by atoms with Crippen molar-refractivity contribution in [3.05, 3.63) is 102 Å². The molecule has 9 rings (SSSR count). The number of aliphatic hydroxyl groups is 1. The van der Waals surface area contributed by atoms with Gasteiger partial charge in [0.1, 0.15) is 103 Å². The molecule has 750 valence electrons. The van der Waals surface area contributed by atoms with Crippen LogP contribution in [0.4, 0.5) is 0 Å². The summed E-state index contributed by atoms with van der Waals surface area (Å²) in [6, 6.07) is -6.84. The molecule has 0 spiro atoms. The Morgan fingerprint density at radius 1 is 0.580 bits per heavy atom. The number of aromatic hydroxyl groups is 1. The number of aliphatic carboxylic acids is 2. The number of Topliss-reactive ketones (excluding diaryl/α,β-unsaturated/α-hetero) is 1. The van der Waals surface area contributed by atoms with E-state index in [1.165, 1.54) is 37.4 Å². The molecule has 46 nitrogen and oxygen atoms in total. The van der Waals surface area contributed by atoms with Crippen LogP contribution in [0.2, 0.25) is 0 Å². The van der Waals surface area contributed by atoms with Gasteiger partial charge >= 0.3 is 23.9 Å². The summed E-state index contributed by atoms with van der Waals surface area (Å²) in [7, 11) is 0. The van der Waals surface area contributed by atoms with Crippen LogP contribution in [-0.4, -0.2) is 284 Å². The number of ether oxygens (including phenoxy) is 2. The molecule has 5 fully saturated rings. The van der Waals surface area contributed by atoms with Gasteiger partial charge in [-0.15, -0.1) is 0 Å².